The number of hydrogen-bond donors (Lipinski definition) is 0. The Bertz CT molecular complexity index is 579. The number of carbonyl (C=O) groups excluding carboxylic acids is 2. The van der Waals surface area contributed by atoms with E-state index in [-0.39, 0.29) is 9.55 Å². The predicted octanol–water partition coefficient (Wildman–Crippen LogP) is 5.55. The molecule has 0 unspecified atom stereocenters. The van der Waals surface area contributed by atoms with E-state index in [1.54, 1.807) is 53.7 Å². The third-order valence-electron chi connectivity index (χ3n) is 2.40. The van der Waals surface area contributed by atoms with Crippen LogP contribution in [0.1, 0.15) is 50.8 Å². The van der Waals surface area contributed by atoms with Gasteiger partial charge in [-0.3, -0.25) is 0 Å². The van der Waals surface area contributed by atoms with E-state index >= 15 is 0 Å². The summed E-state index contributed by atoms with van der Waals surface area (Å²) in [4.78, 5) is 29.9. The van der Waals surface area contributed by atoms with Crippen LogP contribution in [0.5, 0.6) is 0 Å². The molecule has 0 saturated heterocycles. The summed E-state index contributed by atoms with van der Waals surface area (Å²) < 4.78 is 10.5. The largest absolute Gasteiger partial charge is 0.443 e. The van der Waals surface area contributed by atoms with E-state index in [1.165, 1.54) is 6.20 Å². The van der Waals surface area contributed by atoms with Crippen LogP contribution in [0, 0.1) is 0 Å². The first kappa shape index (κ1) is 20.9. The lowest BCUT2D eigenvalue weighted by atomic mass is 10.2. The number of rotatable bonds is 2. The molecule has 6 nitrogen and oxygen atoms in total. The topological polar surface area (TPSA) is 68.7 Å². The van der Waals surface area contributed by atoms with E-state index in [0.717, 1.165) is 10.5 Å². The SMILES string of the molecule is CC(C)(C)OC(=O)N(C(=O)OC(C)(C)C)c1cc(C(Br)Br)ccn1. The second-order valence-corrected chi connectivity index (χ2v) is 10.1. The van der Waals surface area contributed by atoms with E-state index in [2.05, 4.69) is 36.8 Å². The lowest BCUT2D eigenvalue weighted by Crippen LogP contribution is -2.44. The van der Waals surface area contributed by atoms with Crippen LogP contribution in [-0.4, -0.2) is 28.4 Å². The van der Waals surface area contributed by atoms with Gasteiger partial charge in [-0.1, -0.05) is 31.9 Å². The molecule has 24 heavy (non-hydrogen) atoms. The van der Waals surface area contributed by atoms with Gasteiger partial charge in [0.15, 0.2) is 0 Å². The van der Waals surface area contributed by atoms with Crippen LogP contribution < -0.4 is 4.90 Å². The summed E-state index contributed by atoms with van der Waals surface area (Å²) in [5.41, 5.74) is -0.734. The monoisotopic (exact) mass is 464 g/mol. The number of aromatic nitrogens is 1. The van der Waals surface area contributed by atoms with Crippen molar-refractivity contribution in [3.05, 3.63) is 23.9 Å². The van der Waals surface area contributed by atoms with E-state index in [9.17, 15) is 9.59 Å². The van der Waals surface area contributed by atoms with E-state index in [0.29, 0.717) is 0 Å². The summed E-state index contributed by atoms with van der Waals surface area (Å²) in [5.74, 6) is 0.125. The summed E-state index contributed by atoms with van der Waals surface area (Å²) in [7, 11) is 0. The average molecular weight is 466 g/mol. The zero-order chi connectivity index (χ0) is 18.7. The average Bonchev–Trinajstić information content (AvgIpc) is 2.34. The molecule has 0 aliphatic rings. The molecule has 1 heterocycles. The normalized spacial score (nSPS) is 12.0. The molecule has 2 amide bonds. The predicted molar refractivity (Wildman–Crippen MR) is 99.8 cm³/mol. The number of hydrogen-bond acceptors (Lipinski definition) is 5. The molecule has 0 saturated carbocycles. The molecule has 1 aromatic heterocycles. The Balaban J connectivity index is 3.25. The highest BCUT2D eigenvalue weighted by molar-refractivity contribution is 9.24. The Morgan fingerprint density at radius 3 is 1.88 bits per heavy atom. The Morgan fingerprint density at radius 2 is 1.50 bits per heavy atom. The molecular formula is C16H22Br2N2O4. The standard InChI is InChI=1S/C16H22Br2N2O4/c1-15(2,3)23-13(21)20(14(22)24-16(4,5)6)11-9-10(12(17)18)7-8-19-11/h7-9,12H,1-6H3. The number of alkyl halides is 2. The van der Waals surface area contributed by atoms with Crippen molar-refractivity contribution in [1.29, 1.82) is 0 Å². The van der Waals surface area contributed by atoms with Crippen molar-refractivity contribution in [3.63, 3.8) is 0 Å². The van der Waals surface area contributed by atoms with Crippen LogP contribution in [0.25, 0.3) is 0 Å². The van der Waals surface area contributed by atoms with Gasteiger partial charge in [0, 0.05) is 6.20 Å². The molecule has 0 N–H and O–H groups in total. The van der Waals surface area contributed by atoms with Crippen LogP contribution in [0.3, 0.4) is 0 Å². The van der Waals surface area contributed by atoms with Gasteiger partial charge in [-0.25, -0.2) is 14.6 Å². The number of imide groups is 1. The van der Waals surface area contributed by atoms with Crippen LogP contribution in [0.4, 0.5) is 15.4 Å². The number of amides is 2. The maximum Gasteiger partial charge on any atom is 0.425 e. The molecule has 0 radical (unpaired) electrons. The zero-order valence-corrected chi connectivity index (χ0v) is 17.8. The van der Waals surface area contributed by atoms with Gasteiger partial charge in [-0.15, -0.1) is 0 Å². The number of pyridine rings is 1. The number of halogens is 2. The van der Waals surface area contributed by atoms with Crippen LogP contribution in [-0.2, 0) is 9.47 Å². The molecule has 1 aromatic rings. The smallest absolute Gasteiger partial charge is 0.425 e. The highest BCUT2D eigenvalue weighted by Crippen LogP contribution is 2.31. The molecule has 0 spiro atoms. The maximum absolute atomic E-state index is 12.5. The van der Waals surface area contributed by atoms with Crippen molar-refractivity contribution < 1.29 is 19.1 Å². The number of ether oxygens (including phenoxy) is 2. The molecule has 1 rings (SSSR count). The van der Waals surface area contributed by atoms with Gasteiger partial charge in [-0.05, 0) is 59.2 Å². The summed E-state index contributed by atoms with van der Waals surface area (Å²) in [6, 6.07) is 3.35. The van der Waals surface area contributed by atoms with E-state index < -0.39 is 23.4 Å². The fourth-order valence-electron chi connectivity index (χ4n) is 1.57. The van der Waals surface area contributed by atoms with Gasteiger partial charge in [0.1, 0.15) is 17.0 Å². The van der Waals surface area contributed by atoms with Crippen molar-refractivity contribution in [2.24, 2.45) is 0 Å². The molecule has 0 bridgehead atoms. The molecule has 0 fully saturated rings. The second kappa shape index (κ2) is 7.82. The van der Waals surface area contributed by atoms with Crippen molar-refractivity contribution in [3.8, 4) is 0 Å². The van der Waals surface area contributed by atoms with Gasteiger partial charge < -0.3 is 9.47 Å². The van der Waals surface area contributed by atoms with Crippen molar-refractivity contribution in [2.75, 3.05) is 4.90 Å². The van der Waals surface area contributed by atoms with E-state index in [4.69, 9.17) is 9.47 Å². The highest BCUT2D eigenvalue weighted by atomic mass is 79.9. The zero-order valence-electron chi connectivity index (χ0n) is 14.6. The summed E-state index contributed by atoms with van der Waals surface area (Å²) in [6.45, 7) is 10.3. The van der Waals surface area contributed by atoms with Gasteiger partial charge in [-0.2, -0.15) is 4.90 Å². The third kappa shape index (κ3) is 6.76. The summed E-state index contributed by atoms with van der Waals surface area (Å²) >= 11 is 6.75. The van der Waals surface area contributed by atoms with Crippen molar-refractivity contribution >= 4 is 49.9 Å². The minimum Gasteiger partial charge on any atom is -0.443 e. The van der Waals surface area contributed by atoms with Crippen LogP contribution >= 0.6 is 31.9 Å². The molecule has 0 atom stereocenters. The third-order valence-corrected chi connectivity index (χ3v) is 3.46. The van der Waals surface area contributed by atoms with Crippen LogP contribution in [0.15, 0.2) is 18.3 Å². The number of carbonyl (C=O) groups is 2. The molecule has 8 heteroatoms. The Morgan fingerprint density at radius 1 is 1.04 bits per heavy atom. The first-order chi connectivity index (χ1) is 10.8. The Hall–Kier alpha value is -1.15. The molecule has 0 aliphatic carbocycles. The Kier molecular flexibility index (Phi) is 6.81. The number of anilines is 1. The molecular weight excluding hydrogens is 444 g/mol. The highest BCUT2D eigenvalue weighted by Gasteiger charge is 2.33. The molecule has 134 valence electrons. The maximum atomic E-state index is 12.5. The fourth-order valence-corrected chi connectivity index (χ4v) is 2.14. The lowest BCUT2D eigenvalue weighted by Gasteiger charge is -2.28. The summed E-state index contributed by atoms with van der Waals surface area (Å²) in [6.07, 6.45) is -0.189. The first-order valence-corrected chi connectivity index (χ1v) is 9.13. The van der Waals surface area contributed by atoms with Gasteiger partial charge >= 0.3 is 12.2 Å². The minimum atomic E-state index is -0.845. The Labute approximate surface area is 159 Å². The number of nitrogens with zero attached hydrogens (tertiary/aromatic N) is 2. The molecule has 0 aliphatic heterocycles. The van der Waals surface area contributed by atoms with Gasteiger partial charge in [0.2, 0.25) is 0 Å². The first-order valence-electron chi connectivity index (χ1n) is 7.30. The quantitative estimate of drug-likeness (QED) is 0.535. The van der Waals surface area contributed by atoms with Crippen molar-refractivity contribution in [1.82, 2.24) is 4.98 Å². The lowest BCUT2D eigenvalue weighted by molar-refractivity contribution is 0.0429. The second-order valence-electron chi connectivity index (χ2n) is 7.04. The van der Waals surface area contributed by atoms with E-state index in [1.807, 2.05) is 0 Å². The van der Waals surface area contributed by atoms with Crippen LogP contribution in [0.2, 0.25) is 0 Å². The van der Waals surface area contributed by atoms with Gasteiger partial charge in [0.05, 0.1) is 3.74 Å². The minimum absolute atomic E-state index is 0.125. The van der Waals surface area contributed by atoms with Gasteiger partial charge in [0.25, 0.3) is 0 Å². The summed E-state index contributed by atoms with van der Waals surface area (Å²) in [5, 5.41) is 0. The molecule has 0 aromatic carbocycles. The fraction of sp³-hybridized carbons (Fsp3) is 0.562. The van der Waals surface area contributed by atoms with Crippen molar-refractivity contribution in [2.45, 2.75) is 56.5 Å².